The summed E-state index contributed by atoms with van der Waals surface area (Å²) in [4.78, 5) is 2.43. The predicted molar refractivity (Wildman–Crippen MR) is 77.5 cm³/mol. The second kappa shape index (κ2) is 5.95. The maximum atomic E-state index is 6.13. The van der Waals surface area contributed by atoms with Crippen LogP contribution in [0, 0.1) is 18.8 Å². The lowest BCUT2D eigenvalue weighted by molar-refractivity contribution is 0.552. The van der Waals surface area contributed by atoms with E-state index in [9.17, 15) is 0 Å². The van der Waals surface area contributed by atoms with Crippen LogP contribution in [0.5, 0.6) is 0 Å². The summed E-state index contributed by atoms with van der Waals surface area (Å²) < 4.78 is 0. The van der Waals surface area contributed by atoms with Crippen molar-refractivity contribution in [2.45, 2.75) is 34.6 Å². The summed E-state index contributed by atoms with van der Waals surface area (Å²) in [6, 6.07) is 6.16. The minimum atomic E-state index is 0.646. The van der Waals surface area contributed by atoms with E-state index in [1.54, 1.807) is 0 Å². The third-order valence-electron chi connectivity index (χ3n) is 2.76. The van der Waals surface area contributed by atoms with Gasteiger partial charge in [0.2, 0.25) is 0 Å². The highest BCUT2D eigenvalue weighted by molar-refractivity contribution is 5.71. The van der Waals surface area contributed by atoms with Gasteiger partial charge in [0.05, 0.1) is 11.4 Å². The monoisotopic (exact) mass is 234 g/mol. The third kappa shape index (κ3) is 3.95. The zero-order chi connectivity index (χ0) is 13.0. The van der Waals surface area contributed by atoms with Gasteiger partial charge in [-0.05, 0) is 30.4 Å². The van der Waals surface area contributed by atoms with Crippen molar-refractivity contribution >= 4 is 11.4 Å². The molecule has 0 bridgehead atoms. The Hall–Kier alpha value is -1.18. The fraction of sp³-hybridized carbons (Fsp3) is 0.600. The van der Waals surface area contributed by atoms with Gasteiger partial charge in [-0.15, -0.1) is 0 Å². The zero-order valence-corrected chi connectivity index (χ0v) is 11.8. The minimum absolute atomic E-state index is 0.646. The van der Waals surface area contributed by atoms with Crippen LogP contribution in [0.3, 0.4) is 0 Å². The second-order valence-corrected chi connectivity index (χ2v) is 5.71. The number of hydrogen-bond acceptors (Lipinski definition) is 2. The van der Waals surface area contributed by atoms with E-state index in [1.165, 1.54) is 11.3 Å². The molecule has 17 heavy (non-hydrogen) atoms. The molecule has 1 aromatic rings. The predicted octanol–water partition coefficient (Wildman–Crippen LogP) is 3.70. The molecule has 2 N–H and O–H groups in total. The van der Waals surface area contributed by atoms with Crippen molar-refractivity contribution in [2.75, 3.05) is 23.7 Å². The number of aryl methyl sites for hydroxylation is 1. The quantitative estimate of drug-likeness (QED) is 0.787. The fourth-order valence-electron chi connectivity index (χ4n) is 2.25. The number of benzene rings is 1. The van der Waals surface area contributed by atoms with E-state index in [2.05, 4.69) is 45.6 Å². The molecule has 0 saturated carbocycles. The van der Waals surface area contributed by atoms with Crippen LogP contribution in [0.2, 0.25) is 0 Å². The summed E-state index contributed by atoms with van der Waals surface area (Å²) >= 11 is 0. The molecule has 96 valence electrons. The number of para-hydroxylation sites is 1. The molecule has 2 heteroatoms. The Labute approximate surface area is 106 Å². The average molecular weight is 234 g/mol. The fourth-order valence-corrected chi connectivity index (χ4v) is 2.25. The summed E-state index contributed by atoms with van der Waals surface area (Å²) in [5.74, 6) is 1.29. The molecule has 0 amide bonds. The van der Waals surface area contributed by atoms with Crippen LogP contribution >= 0.6 is 0 Å². The highest BCUT2D eigenvalue weighted by atomic mass is 15.1. The van der Waals surface area contributed by atoms with Crippen molar-refractivity contribution in [3.05, 3.63) is 23.8 Å². The maximum Gasteiger partial charge on any atom is 0.0629 e. The Morgan fingerprint density at radius 1 is 1.06 bits per heavy atom. The average Bonchev–Trinajstić information content (AvgIpc) is 2.14. The minimum Gasteiger partial charge on any atom is -0.397 e. The highest BCUT2D eigenvalue weighted by Gasteiger charge is 2.14. The number of hydrogen-bond donors (Lipinski definition) is 1. The van der Waals surface area contributed by atoms with Gasteiger partial charge in [-0.2, -0.15) is 0 Å². The van der Waals surface area contributed by atoms with Crippen LogP contribution in [0.1, 0.15) is 33.3 Å². The smallest absolute Gasteiger partial charge is 0.0629 e. The van der Waals surface area contributed by atoms with Gasteiger partial charge < -0.3 is 10.6 Å². The molecule has 0 fully saturated rings. The lowest BCUT2D eigenvalue weighted by Crippen LogP contribution is -2.32. The Bertz CT molecular complexity index is 326. The molecule has 0 unspecified atom stereocenters. The number of nitrogens with zero attached hydrogens (tertiary/aromatic N) is 1. The van der Waals surface area contributed by atoms with Crippen LogP contribution in [-0.2, 0) is 0 Å². The van der Waals surface area contributed by atoms with Crippen LogP contribution in [0.15, 0.2) is 18.2 Å². The largest absolute Gasteiger partial charge is 0.397 e. The van der Waals surface area contributed by atoms with Crippen LogP contribution < -0.4 is 10.6 Å². The molecule has 0 saturated heterocycles. The molecule has 0 aromatic heterocycles. The van der Waals surface area contributed by atoms with E-state index < -0.39 is 0 Å². The Morgan fingerprint density at radius 2 is 1.59 bits per heavy atom. The van der Waals surface area contributed by atoms with E-state index in [0.717, 1.165) is 18.8 Å². The Morgan fingerprint density at radius 3 is 2.00 bits per heavy atom. The molecular formula is C15H26N2. The third-order valence-corrected chi connectivity index (χ3v) is 2.76. The highest BCUT2D eigenvalue weighted by Crippen LogP contribution is 2.28. The van der Waals surface area contributed by atoms with E-state index >= 15 is 0 Å². The molecule has 0 aliphatic carbocycles. The number of rotatable bonds is 5. The number of nitrogens with two attached hydrogens (primary N) is 1. The number of nitrogen functional groups attached to an aromatic ring is 1. The molecule has 2 nitrogen and oxygen atoms in total. The molecule has 1 aromatic carbocycles. The van der Waals surface area contributed by atoms with Crippen molar-refractivity contribution in [1.29, 1.82) is 0 Å². The maximum absolute atomic E-state index is 6.13. The molecule has 0 aliphatic heterocycles. The first kappa shape index (κ1) is 13.9. The summed E-state index contributed by atoms with van der Waals surface area (Å²) in [7, 11) is 0. The van der Waals surface area contributed by atoms with Gasteiger partial charge in [-0.25, -0.2) is 0 Å². The molecule has 0 aliphatic rings. The standard InChI is InChI=1S/C15H26N2/c1-11(2)9-17(10-12(3)4)15-13(5)7-6-8-14(15)16/h6-8,11-12H,9-10,16H2,1-5H3. The van der Waals surface area contributed by atoms with Gasteiger partial charge in [0, 0.05) is 13.1 Å². The molecule has 0 heterocycles. The van der Waals surface area contributed by atoms with Gasteiger partial charge in [0.1, 0.15) is 0 Å². The van der Waals surface area contributed by atoms with Gasteiger partial charge in [0.15, 0.2) is 0 Å². The summed E-state index contributed by atoms with van der Waals surface area (Å²) in [6.07, 6.45) is 0. The Kier molecular flexibility index (Phi) is 4.86. The van der Waals surface area contributed by atoms with Crippen molar-refractivity contribution in [3.63, 3.8) is 0 Å². The lowest BCUT2D eigenvalue weighted by atomic mass is 10.1. The van der Waals surface area contributed by atoms with E-state index in [-0.39, 0.29) is 0 Å². The van der Waals surface area contributed by atoms with E-state index in [0.29, 0.717) is 11.8 Å². The van der Waals surface area contributed by atoms with Gasteiger partial charge in [-0.3, -0.25) is 0 Å². The normalized spacial score (nSPS) is 11.2. The summed E-state index contributed by atoms with van der Waals surface area (Å²) in [6.45, 7) is 13.3. The molecule has 0 spiro atoms. The van der Waals surface area contributed by atoms with Crippen LogP contribution in [0.25, 0.3) is 0 Å². The second-order valence-electron chi connectivity index (χ2n) is 5.71. The topological polar surface area (TPSA) is 29.3 Å². The molecular weight excluding hydrogens is 208 g/mol. The van der Waals surface area contributed by atoms with Gasteiger partial charge in [0.25, 0.3) is 0 Å². The van der Waals surface area contributed by atoms with Crippen LogP contribution in [-0.4, -0.2) is 13.1 Å². The van der Waals surface area contributed by atoms with Crippen molar-refractivity contribution < 1.29 is 0 Å². The van der Waals surface area contributed by atoms with Gasteiger partial charge in [-0.1, -0.05) is 39.8 Å². The Balaban J connectivity index is 3.03. The zero-order valence-electron chi connectivity index (χ0n) is 11.8. The van der Waals surface area contributed by atoms with Crippen molar-refractivity contribution in [1.82, 2.24) is 0 Å². The molecule has 0 atom stereocenters. The first-order valence-corrected chi connectivity index (χ1v) is 6.51. The first-order valence-electron chi connectivity index (χ1n) is 6.51. The lowest BCUT2D eigenvalue weighted by Gasteiger charge is -2.31. The summed E-state index contributed by atoms with van der Waals surface area (Å²) in [5.41, 5.74) is 9.51. The SMILES string of the molecule is Cc1cccc(N)c1N(CC(C)C)CC(C)C. The van der Waals surface area contributed by atoms with E-state index in [1.807, 2.05) is 12.1 Å². The van der Waals surface area contributed by atoms with Crippen LogP contribution in [0.4, 0.5) is 11.4 Å². The molecule has 1 rings (SSSR count). The summed E-state index contributed by atoms with van der Waals surface area (Å²) in [5, 5.41) is 0. The number of anilines is 2. The first-order chi connectivity index (χ1) is 7.91. The van der Waals surface area contributed by atoms with Gasteiger partial charge >= 0.3 is 0 Å². The van der Waals surface area contributed by atoms with Crippen molar-refractivity contribution in [3.8, 4) is 0 Å². The van der Waals surface area contributed by atoms with E-state index in [4.69, 9.17) is 5.73 Å². The molecule has 0 radical (unpaired) electrons. The van der Waals surface area contributed by atoms with Crippen molar-refractivity contribution in [2.24, 2.45) is 11.8 Å².